The zero-order chi connectivity index (χ0) is 14.7. The van der Waals surface area contributed by atoms with Crippen molar-refractivity contribution in [3.8, 4) is 0 Å². The molecule has 2 fully saturated rings. The molecule has 1 saturated carbocycles. The number of benzene rings is 1. The molecule has 3 nitrogen and oxygen atoms in total. The van der Waals surface area contributed by atoms with Gasteiger partial charge in [0, 0.05) is 6.04 Å². The maximum atomic E-state index is 13.0. The lowest BCUT2D eigenvalue weighted by atomic mass is 10.0. The van der Waals surface area contributed by atoms with Crippen LogP contribution < -0.4 is 5.32 Å². The molecule has 1 aromatic carbocycles. The number of carbonyl (C=O) groups is 1. The van der Waals surface area contributed by atoms with E-state index >= 15 is 0 Å². The first-order valence-electron chi connectivity index (χ1n) is 8.44. The first-order valence-corrected chi connectivity index (χ1v) is 8.44. The first kappa shape index (κ1) is 14.6. The van der Waals surface area contributed by atoms with Crippen molar-refractivity contribution < 1.29 is 4.79 Å². The Morgan fingerprint density at radius 1 is 1.10 bits per heavy atom. The van der Waals surface area contributed by atoms with Crippen LogP contribution in [0.4, 0.5) is 0 Å². The van der Waals surface area contributed by atoms with Crippen LogP contribution in [0.3, 0.4) is 0 Å². The van der Waals surface area contributed by atoms with Gasteiger partial charge in [0.2, 0.25) is 5.91 Å². The predicted molar refractivity (Wildman–Crippen MR) is 84.7 cm³/mol. The van der Waals surface area contributed by atoms with E-state index in [2.05, 4.69) is 29.3 Å². The van der Waals surface area contributed by atoms with Gasteiger partial charge in [0.1, 0.15) is 6.04 Å². The minimum atomic E-state index is -0.153. The highest BCUT2D eigenvalue weighted by atomic mass is 16.2. The molecule has 114 valence electrons. The molecule has 3 heteroatoms. The molecule has 1 saturated heterocycles. The highest BCUT2D eigenvalue weighted by Gasteiger charge is 2.41. The Labute approximate surface area is 127 Å². The molecule has 21 heavy (non-hydrogen) atoms. The average Bonchev–Trinajstić information content (AvgIpc) is 2.69. The van der Waals surface area contributed by atoms with Crippen LogP contribution in [-0.2, 0) is 4.79 Å². The Morgan fingerprint density at radius 3 is 2.38 bits per heavy atom. The fourth-order valence-electron chi connectivity index (χ4n) is 3.82. The normalized spacial score (nSPS) is 27.9. The second-order valence-corrected chi connectivity index (χ2v) is 6.33. The van der Waals surface area contributed by atoms with E-state index in [1.165, 1.54) is 38.5 Å². The van der Waals surface area contributed by atoms with E-state index < -0.39 is 0 Å². The van der Waals surface area contributed by atoms with Crippen LogP contribution in [0.5, 0.6) is 0 Å². The second-order valence-electron chi connectivity index (χ2n) is 6.33. The Hall–Kier alpha value is -1.35. The minimum Gasteiger partial charge on any atom is -0.323 e. The topological polar surface area (TPSA) is 32.3 Å². The van der Waals surface area contributed by atoms with Crippen molar-refractivity contribution in [2.45, 2.75) is 70.1 Å². The Bertz CT molecular complexity index is 465. The van der Waals surface area contributed by atoms with E-state index in [0.717, 1.165) is 12.0 Å². The molecule has 1 aromatic rings. The van der Waals surface area contributed by atoms with Gasteiger partial charge in [-0.3, -0.25) is 10.1 Å². The van der Waals surface area contributed by atoms with Crippen LogP contribution in [0.1, 0.15) is 63.5 Å². The molecular weight excluding hydrogens is 260 g/mol. The molecule has 0 spiro atoms. The van der Waals surface area contributed by atoms with Crippen molar-refractivity contribution >= 4 is 5.91 Å². The molecule has 1 heterocycles. The summed E-state index contributed by atoms with van der Waals surface area (Å²) >= 11 is 0. The van der Waals surface area contributed by atoms with Gasteiger partial charge in [-0.2, -0.15) is 0 Å². The molecule has 1 aliphatic carbocycles. The Morgan fingerprint density at radius 2 is 1.76 bits per heavy atom. The monoisotopic (exact) mass is 286 g/mol. The molecule has 0 bridgehead atoms. The molecule has 1 amide bonds. The standard InChI is InChI=1S/C18H26N2O/c1-2-16-19-17(14-10-6-5-7-11-14)18(21)20(16)15-12-8-3-4-9-13-15/h5-7,10-11,15-17,19H,2-4,8-9,12-13H2,1H3. The number of rotatable bonds is 3. The maximum absolute atomic E-state index is 13.0. The zero-order valence-corrected chi connectivity index (χ0v) is 12.9. The Kier molecular flexibility index (Phi) is 4.59. The van der Waals surface area contributed by atoms with Crippen LogP contribution >= 0.6 is 0 Å². The summed E-state index contributed by atoms with van der Waals surface area (Å²) in [6.07, 6.45) is 8.70. The van der Waals surface area contributed by atoms with Gasteiger partial charge in [0.25, 0.3) is 0 Å². The fraction of sp³-hybridized carbons (Fsp3) is 0.611. The predicted octanol–water partition coefficient (Wildman–Crippen LogP) is 3.62. The van der Waals surface area contributed by atoms with Crippen LogP contribution in [0.15, 0.2) is 30.3 Å². The lowest BCUT2D eigenvalue weighted by molar-refractivity contribution is -0.132. The average molecular weight is 286 g/mol. The summed E-state index contributed by atoms with van der Waals surface area (Å²) in [7, 11) is 0. The van der Waals surface area contributed by atoms with E-state index in [1.807, 2.05) is 18.2 Å². The van der Waals surface area contributed by atoms with E-state index in [4.69, 9.17) is 0 Å². The van der Waals surface area contributed by atoms with Crippen molar-refractivity contribution in [1.29, 1.82) is 0 Å². The van der Waals surface area contributed by atoms with Crippen molar-refractivity contribution in [2.24, 2.45) is 0 Å². The van der Waals surface area contributed by atoms with Crippen molar-refractivity contribution in [3.05, 3.63) is 35.9 Å². The maximum Gasteiger partial charge on any atom is 0.245 e. The summed E-state index contributed by atoms with van der Waals surface area (Å²) in [4.78, 5) is 15.1. The van der Waals surface area contributed by atoms with Gasteiger partial charge in [0.15, 0.2) is 0 Å². The quantitative estimate of drug-likeness (QED) is 0.861. The van der Waals surface area contributed by atoms with E-state index in [1.54, 1.807) is 0 Å². The summed E-state index contributed by atoms with van der Waals surface area (Å²) < 4.78 is 0. The summed E-state index contributed by atoms with van der Waals surface area (Å²) in [5, 5.41) is 3.55. The summed E-state index contributed by atoms with van der Waals surface area (Å²) in [6.45, 7) is 2.17. The largest absolute Gasteiger partial charge is 0.323 e. The third-order valence-electron chi connectivity index (χ3n) is 4.93. The molecule has 0 aromatic heterocycles. The fourth-order valence-corrected chi connectivity index (χ4v) is 3.82. The number of nitrogens with one attached hydrogen (secondary N) is 1. The number of amides is 1. The van der Waals surface area contributed by atoms with E-state index in [9.17, 15) is 4.79 Å². The van der Waals surface area contributed by atoms with Gasteiger partial charge in [-0.05, 0) is 24.8 Å². The SMILES string of the molecule is CCC1NC(c2ccccc2)C(=O)N1C1CCCCCC1. The van der Waals surface area contributed by atoms with Gasteiger partial charge in [0.05, 0.1) is 6.17 Å². The number of carbonyl (C=O) groups excluding carboxylic acids is 1. The lowest BCUT2D eigenvalue weighted by Crippen LogP contribution is -2.44. The summed E-state index contributed by atoms with van der Waals surface area (Å²) in [6, 6.07) is 10.4. The van der Waals surface area contributed by atoms with Crippen molar-refractivity contribution in [2.75, 3.05) is 0 Å². The summed E-state index contributed by atoms with van der Waals surface area (Å²) in [5.41, 5.74) is 1.09. The molecule has 2 unspecified atom stereocenters. The molecular formula is C18H26N2O. The molecule has 1 aliphatic heterocycles. The highest BCUT2D eigenvalue weighted by Crippen LogP contribution is 2.31. The minimum absolute atomic E-state index is 0.153. The van der Waals surface area contributed by atoms with Crippen LogP contribution in [0, 0.1) is 0 Å². The molecule has 0 radical (unpaired) electrons. The molecule has 1 N–H and O–H groups in total. The molecule has 2 atom stereocenters. The smallest absolute Gasteiger partial charge is 0.245 e. The third kappa shape index (κ3) is 2.98. The summed E-state index contributed by atoms with van der Waals surface area (Å²) in [5.74, 6) is 0.278. The van der Waals surface area contributed by atoms with E-state index in [0.29, 0.717) is 6.04 Å². The van der Waals surface area contributed by atoms with Crippen LogP contribution in [0.2, 0.25) is 0 Å². The van der Waals surface area contributed by atoms with Gasteiger partial charge in [-0.15, -0.1) is 0 Å². The first-order chi connectivity index (χ1) is 10.3. The molecule has 3 rings (SSSR count). The van der Waals surface area contributed by atoms with Gasteiger partial charge < -0.3 is 4.90 Å². The van der Waals surface area contributed by atoms with Crippen LogP contribution in [0.25, 0.3) is 0 Å². The number of nitrogens with zero attached hydrogens (tertiary/aromatic N) is 1. The Balaban J connectivity index is 1.81. The zero-order valence-electron chi connectivity index (χ0n) is 12.9. The van der Waals surface area contributed by atoms with Crippen LogP contribution in [-0.4, -0.2) is 23.0 Å². The lowest BCUT2D eigenvalue weighted by Gasteiger charge is -2.31. The third-order valence-corrected chi connectivity index (χ3v) is 4.93. The van der Waals surface area contributed by atoms with Gasteiger partial charge in [-0.25, -0.2) is 0 Å². The second kappa shape index (κ2) is 6.61. The van der Waals surface area contributed by atoms with Gasteiger partial charge >= 0.3 is 0 Å². The molecule has 2 aliphatic rings. The van der Waals surface area contributed by atoms with Gasteiger partial charge in [-0.1, -0.05) is 62.9 Å². The van der Waals surface area contributed by atoms with Crippen molar-refractivity contribution in [1.82, 2.24) is 10.2 Å². The number of hydrogen-bond acceptors (Lipinski definition) is 2. The number of hydrogen-bond donors (Lipinski definition) is 1. The highest BCUT2D eigenvalue weighted by molar-refractivity contribution is 5.86. The van der Waals surface area contributed by atoms with Crippen molar-refractivity contribution in [3.63, 3.8) is 0 Å². The van der Waals surface area contributed by atoms with E-state index in [-0.39, 0.29) is 18.1 Å².